The molecule has 0 aliphatic carbocycles. The van der Waals surface area contributed by atoms with Gasteiger partial charge in [-0.3, -0.25) is 9.59 Å². The van der Waals surface area contributed by atoms with Crippen LogP contribution >= 0.6 is 0 Å². The second-order valence-electron chi connectivity index (χ2n) is 2.41. The Morgan fingerprint density at radius 1 is 1.80 bits per heavy atom. The Morgan fingerprint density at radius 2 is 2.50 bits per heavy atom. The molecule has 1 aliphatic heterocycles. The maximum atomic E-state index is 10.6. The Labute approximate surface area is 59.0 Å². The van der Waals surface area contributed by atoms with E-state index in [1.807, 2.05) is 0 Å². The Hall–Kier alpha value is -1.06. The number of hydrogen-bond donors (Lipinski definition) is 2. The summed E-state index contributed by atoms with van der Waals surface area (Å²) in [5.41, 5.74) is 0. The number of amides is 2. The summed E-state index contributed by atoms with van der Waals surface area (Å²) in [4.78, 5) is 21.0. The van der Waals surface area contributed by atoms with Gasteiger partial charge in [0.1, 0.15) is 0 Å². The molecule has 0 spiro atoms. The highest BCUT2D eigenvalue weighted by atomic mass is 16.2. The molecule has 56 valence electrons. The quantitative estimate of drug-likeness (QED) is 0.494. The van der Waals surface area contributed by atoms with Crippen LogP contribution in [0.4, 0.5) is 0 Å². The summed E-state index contributed by atoms with van der Waals surface area (Å²) in [6, 6.07) is 0.00463. The molecule has 0 saturated carbocycles. The topological polar surface area (TPSA) is 58.2 Å². The van der Waals surface area contributed by atoms with Gasteiger partial charge in [-0.2, -0.15) is 0 Å². The predicted octanol–water partition coefficient (Wildman–Crippen LogP) is -0.989. The van der Waals surface area contributed by atoms with E-state index in [0.717, 1.165) is 0 Å². The van der Waals surface area contributed by atoms with Crippen LogP contribution in [-0.4, -0.2) is 24.4 Å². The Morgan fingerprint density at radius 3 is 2.90 bits per heavy atom. The van der Waals surface area contributed by atoms with Crippen molar-refractivity contribution < 1.29 is 9.59 Å². The van der Waals surface area contributed by atoms with Crippen LogP contribution in [0.3, 0.4) is 0 Å². The standard InChI is InChI=1S/C6H10N2O2/c1-4(9)8-5-2-6(10)7-3-5/h5H,2-3H2,1H3,(H,7,10)(H,8,9)/t5-/m1/s1. The molecule has 1 saturated heterocycles. The molecule has 0 bridgehead atoms. The molecule has 0 radical (unpaired) electrons. The number of nitrogens with one attached hydrogen (secondary N) is 2. The van der Waals surface area contributed by atoms with Crippen LogP contribution in [-0.2, 0) is 9.59 Å². The average Bonchev–Trinajstić information content (AvgIpc) is 2.13. The van der Waals surface area contributed by atoms with Crippen molar-refractivity contribution in [3.63, 3.8) is 0 Å². The lowest BCUT2D eigenvalue weighted by molar-refractivity contribution is -0.119. The normalized spacial score (nSPS) is 24.1. The van der Waals surface area contributed by atoms with E-state index in [-0.39, 0.29) is 17.9 Å². The minimum absolute atomic E-state index is 0.00463. The summed E-state index contributed by atoms with van der Waals surface area (Å²) in [6.07, 6.45) is 0.416. The first-order chi connectivity index (χ1) is 4.68. The average molecular weight is 142 g/mol. The molecule has 1 heterocycles. The lowest BCUT2D eigenvalue weighted by atomic mass is 10.2. The molecule has 0 unspecified atom stereocenters. The van der Waals surface area contributed by atoms with Crippen molar-refractivity contribution in [2.24, 2.45) is 0 Å². The first kappa shape index (κ1) is 7.05. The highest BCUT2D eigenvalue weighted by Gasteiger charge is 2.21. The minimum Gasteiger partial charge on any atom is -0.354 e. The molecular weight excluding hydrogens is 132 g/mol. The zero-order valence-electron chi connectivity index (χ0n) is 5.81. The molecule has 2 amide bonds. The van der Waals surface area contributed by atoms with E-state index in [1.54, 1.807) is 0 Å². The molecule has 2 N–H and O–H groups in total. The van der Waals surface area contributed by atoms with E-state index in [2.05, 4.69) is 10.6 Å². The van der Waals surface area contributed by atoms with Crippen LogP contribution in [0.25, 0.3) is 0 Å². The van der Waals surface area contributed by atoms with Crippen LogP contribution in [0.15, 0.2) is 0 Å². The van der Waals surface area contributed by atoms with Gasteiger partial charge in [0.2, 0.25) is 11.8 Å². The molecule has 1 rings (SSSR count). The van der Waals surface area contributed by atoms with Crippen molar-refractivity contribution >= 4 is 11.8 Å². The third-order valence-electron chi connectivity index (χ3n) is 1.38. The van der Waals surface area contributed by atoms with Crippen LogP contribution < -0.4 is 10.6 Å². The largest absolute Gasteiger partial charge is 0.354 e. The van der Waals surface area contributed by atoms with Gasteiger partial charge in [-0.1, -0.05) is 0 Å². The maximum absolute atomic E-state index is 10.6. The summed E-state index contributed by atoms with van der Waals surface area (Å²) in [6.45, 7) is 2.02. The summed E-state index contributed by atoms with van der Waals surface area (Å²) in [5, 5.41) is 5.27. The van der Waals surface area contributed by atoms with Gasteiger partial charge in [-0.05, 0) is 0 Å². The molecule has 0 aromatic rings. The van der Waals surface area contributed by atoms with E-state index in [1.165, 1.54) is 6.92 Å². The van der Waals surface area contributed by atoms with Crippen molar-refractivity contribution in [2.75, 3.05) is 6.54 Å². The third-order valence-corrected chi connectivity index (χ3v) is 1.38. The van der Waals surface area contributed by atoms with Crippen molar-refractivity contribution in [3.8, 4) is 0 Å². The second-order valence-corrected chi connectivity index (χ2v) is 2.41. The van der Waals surface area contributed by atoms with Crippen LogP contribution in [0, 0.1) is 0 Å². The first-order valence-electron chi connectivity index (χ1n) is 3.22. The Balaban J connectivity index is 2.31. The highest BCUT2D eigenvalue weighted by Crippen LogP contribution is 1.97. The zero-order valence-corrected chi connectivity index (χ0v) is 5.81. The van der Waals surface area contributed by atoms with Crippen molar-refractivity contribution in [1.29, 1.82) is 0 Å². The van der Waals surface area contributed by atoms with Crippen LogP contribution in [0.2, 0.25) is 0 Å². The molecular formula is C6H10N2O2. The van der Waals surface area contributed by atoms with E-state index in [9.17, 15) is 9.59 Å². The monoisotopic (exact) mass is 142 g/mol. The fourth-order valence-corrected chi connectivity index (χ4v) is 0.995. The zero-order chi connectivity index (χ0) is 7.56. The van der Waals surface area contributed by atoms with E-state index in [0.29, 0.717) is 13.0 Å². The molecule has 1 atom stereocenters. The summed E-state index contributed by atoms with van der Waals surface area (Å²) in [7, 11) is 0. The van der Waals surface area contributed by atoms with E-state index in [4.69, 9.17) is 0 Å². The Bertz CT molecular complexity index is 167. The second kappa shape index (κ2) is 2.68. The van der Waals surface area contributed by atoms with E-state index >= 15 is 0 Å². The fourth-order valence-electron chi connectivity index (χ4n) is 0.995. The van der Waals surface area contributed by atoms with Crippen molar-refractivity contribution in [3.05, 3.63) is 0 Å². The third kappa shape index (κ3) is 1.72. The number of carbonyl (C=O) groups is 2. The van der Waals surface area contributed by atoms with Gasteiger partial charge in [-0.15, -0.1) is 0 Å². The highest BCUT2D eigenvalue weighted by molar-refractivity contribution is 5.81. The molecule has 1 fully saturated rings. The van der Waals surface area contributed by atoms with E-state index < -0.39 is 0 Å². The predicted molar refractivity (Wildman–Crippen MR) is 35.2 cm³/mol. The number of carbonyl (C=O) groups excluding carboxylic acids is 2. The van der Waals surface area contributed by atoms with Gasteiger partial charge in [0.25, 0.3) is 0 Å². The van der Waals surface area contributed by atoms with Gasteiger partial charge in [0, 0.05) is 19.9 Å². The summed E-state index contributed by atoms with van der Waals surface area (Å²) >= 11 is 0. The maximum Gasteiger partial charge on any atom is 0.222 e. The smallest absolute Gasteiger partial charge is 0.222 e. The number of rotatable bonds is 1. The van der Waals surface area contributed by atoms with Gasteiger partial charge in [0.05, 0.1) is 6.04 Å². The van der Waals surface area contributed by atoms with Crippen molar-refractivity contribution in [2.45, 2.75) is 19.4 Å². The van der Waals surface area contributed by atoms with Crippen LogP contribution in [0.5, 0.6) is 0 Å². The molecule has 0 aromatic heterocycles. The molecule has 0 aromatic carbocycles. The molecule has 1 aliphatic rings. The van der Waals surface area contributed by atoms with Gasteiger partial charge in [-0.25, -0.2) is 0 Å². The summed E-state index contributed by atoms with van der Waals surface area (Å²) < 4.78 is 0. The Kier molecular flexibility index (Phi) is 1.89. The van der Waals surface area contributed by atoms with Gasteiger partial charge < -0.3 is 10.6 Å². The lowest BCUT2D eigenvalue weighted by Gasteiger charge is -2.05. The number of hydrogen-bond acceptors (Lipinski definition) is 2. The van der Waals surface area contributed by atoms with Crippen LogP contribution in [0.1, 0.15) is 13.3 Å². The molecule has 10 heavy (non-hydrogen) atoms. The van der Waals surface area contributed by atoms with Crippen molar-refractivity contribution in [1.82, 2.24) is 10.6 Å². The van der Waals surface area contributed by atoms with Gasteiger partial charge >= 0.3 is 0 Å². The first-order valence-corrected chi connectivity index (χ1v) is 3.22. The fraction of sp³-hybridized carbons (Fsp3) is 0.667. The summed E-state index contributed by atoms with van der Waals surface area (Å²) in [5.74, 6) is -0.0692. The lowest BCUT2D eigenvalue weighted by Crippen LogP contribution is -2.34. The van der Waals surface area contributed by atoms with Gasteiger partial charge in [0.15, 0.2) is 0 Å². The SMILES string of the molecule is CC(=O)N[C@H]1CNC(=O)C1. The molecule has 4 nitrogen and oxygen atoms in total. The minimum atomic E-state index is -0.0819. The molecule has 4 heteroatoms.